The van der Waals surface area contributed by atoms with E-state index < -0.39 is 29.2 Å². The summed E-state index contributed by atoms with van der Waals surface area (Å²) in [6.45, 7) is 1.33. The number of hydrogen-bond acceptors (Lipinski definition) is 4. The maximum Gasteiger partial charge on any atom is 0.417 e. The molecule has 1 unspecified atom stereocenters. The molecule has 1 heterocycles. The van der Waals surface area contributed by atoms with E-state index in [2.05, 4.69) is 5.32 Å². The van der Waals surface area contributed by atoms with Gasteiger partial charge < -0.3 is 19.4 Å². The topological polar surface area (TPSA) is 69.6 Å². The third kappa shape index (κ3) is 4.16. The van der Waals surface area contributed by atoms with E-state index in [1.807, 2.05) is 0 Å². The number of nitrogens with one attached hydrogen (secondary N) is 1. The molecule has 6 nitrogen and oxygen atoms in total. The maximum atomic E-state index is 12.8. The van der Waals surface area contributed by atoms with Gasteiger partial charge in [-0.15, -0.1) is 0 Å². The summed E-state index contributed by atoms with van der Waals surface area (Å²) in [5.41, 5.74) is -1.38. The number of methoxy groups -OCH3 is 2. The van der Waals surface area contributed by atoms with Crippen LogP contribution in [0.1, 0.15) is 18.5 Å². The van der Waals surface area contributed by atoms with Crippen LogP contribution in [0.4, 0.5) is 18.9 Å². The summed E-state index contributed by atoms with van der Waals surface area (Å²) < 4.78 is 49.4. The number of alkyl halides is 3. The summed E-state index contributed by atoms with van der Waals surface area (Å²) in [4.78, 5) is 24.2. The molecular weight excluding hydrogens is 353 g/mol. The van der Waals surface area contributed by atoms with Crippen LogP contribution in [0, 0.1) is 0 Å². The zero-order valence-electron chi connectivity index (χ0n) is 14.3. The molecule has 0 aliphatic heterocycles. The van der Waals surface area contributed by atoms with Crippen LogP contribution in [0.3, 0.4) is 0 Å². The van der Waals surface area contributed by atoms with Gasteiger partial charge in [0.05, 0.1) is 19.8 Å². The number of rotatable bonds is 5. The quantitative estimate of drug-likeness (QED) is 0.878. The molecule has 0 aliphatic carbocycles. The Morgan fingerprint density at radius 2 is 1.77 bits per heavy atom. The fourth-order valence-electron chi connectivity index (χ4n) is 2.26. The number of nitrogens with zero attached hydrogens (tertiary/aromatic N) is 1. The van der Waals surface area contributed by atoms with Crippen molar-refractivity contribution in [3.05, 3.63) is 52.4 Å². The van der Waals surface area contributed by atoms with E-state index in [9.17, 15) is 22.8 Å². The van der Waals surface area contributed by atoms with Crippen molar-refractivity contribution in [1.29, 1.82) is 0 Å². The van der Waals surface area contributed by atoms with Gasteiger partial charge in [-0.3, -0.25) is 9.59 Å². The lowest BCUT2D eigenvalue weighted by molar-refractivity contribution is -0.138. The highest BCUT2D eigenvalue weighted by Gasteiger charge is 2.32. The van der Waals surface area contributed by atoms with Crippen LogP contribution in [0.5, 0.6) is 11.5 Å². The van der Waals surface area contributed by atoms with Crippen LogP contribution in [0.15, 0.2) is 41.3 Å². The van der Waals surface area contributed by atoms with Gasteiger partial charge in [0.15, 0.2) is 11.5 Å². The van der Waals surface area contributed by atoms with Crippen molar-refractivity contribution in [2.24, 2.45) is 0 Å². The van der Waals surface area contributed by atoms with Crippen molar-refractivity contribution in [1.82, 2.24) is 4.57 Å². The van der Waals surface area contributed by atoms with E-state index in [0.717, 1.165) is 10.6 Å². The van der Waals surface area contributed by atoms with Gasteiger partial charge in [0.2, 0.25) is 5.91 Å². The highest BCUT2D eigenvalue weighted by atomic mass is 19.4. The van der Waals surface area contributed by atoms with Crippen molar-refractivity contribution in [2.45, 2.75) is 19.1 Å². The number of halogens is 3. The molecule has 9 heteroatoms. The second kappa shape index (κ2) is 7.51. The van der Waals surface area contributed by atoms with Gasteiger partial charge in [0, 0.05) is 24.0 Å². The molecule has 1 N–H and O–H groups in total. The zero-order chi connectivity index (χ0) is 19.5. The molecule has 2 rings (SSSR count). The molecule has 0 saturated heterocycles. The third-order valence-electron chi connectivity index (χ3n) is 3.71. The van der Waals surface area contributed by atoms with E-state index >= 15 is 0 Å². The molecule has 0 aliphatic rings. The van der Waals surface area contributed by atoms with Gasteiger partial charge in [0.1, 0.15) is 6.04 Å². The summed E-state index contributed by atoms with van der Waals surface area (Å²) in [6.07, 6.45) is -3.99. The number of carbonyl (C=O) groups is 1. The van der Waals surface area contributed by atoms with E-state index in [-0.39, 0.29) is 0 Å². The Morgan fingerprint density at radius 1 is 1.12 bits per heavy atom. The van der Waals surface area contributed by atoms with Crippen molar-refractivity contribution in [3.63, 3.8) is 0 Å². The minimum atomic E-state index is -4.62. The average molecular weight is 370 g/mol. The van der Waals surface area contributed by atoms with Gasteiger partial charge >= 0.3 is 6.18 Å². The number of aromatic nitrogens is 1. The van der Waals surface area contributed by atoms with Gasteiger partial charge in [-0.05, 0) is 25.1 Å². The Balaban J connectivity index is 2.27. The minimum Gasteiger partial charge on any atom is -0.493 e. The number of anilines is 1. The van der Waals surface area contributed by atoms with Crippen molar-refractivity contribution in [2.75, 3.05) is 19.5 Å². The van der Waals surface area contributed by atoms with Crippen molar-refractivity contribution < 1.29 is 27.4 Å². The molecule has 140 valence electrons. The summed E-state index contributed by atoms with van der Waals surface area (Å²) in [5, 5.41) is 2.54. The second-order valence-corrected chi connectivity index (χ2v) is 5.40. The predicted octanol–water partition coefficient (Wildman–Crippen LogP) is 3.08. The Labute approximate surface area is 147 Å². The number of pyridine rings is 1. The smallest absolute Gasteiger partial charge is 0.417 e. The summed E-state index contributed by atoms with van der Waals surface area (Å²) in [7, 11) is 2.88. The standard InChI is InChI=1S/C17H17F3N2O4/c1-10(22-9-11(17(18,19)20)4-7-15(22)23)16(24)21-12-5-6-13(25-2)14(8-12)26-3/h4-10H,1-3H3,(H,21,24). The monoisotopic (exact) mass is 370 g/mol. The molecule has 2 aromatic rings. The molecular formula is C17H17F3N2O4. The van der Waals surface area contributed by atoms with Crippen LogP contribution in [0.25, 0.3) is 0 Å². The number of ether oxygens (including phenoxy) is 2. The number of amides is 1. The number of benzene rings is 1. The lowest BCUT2D eigenvalue weighted by Crippen LogP contribution is -2.31. The van der Waals surface area contributed by atoms with Gasteiger partial charge in [0.25, 0.3) is 5.56 Å². The fourth-order valence-corrected chi connectivity index (χ4v) is 2.26. The Morgan fingerprint density at radius 3 is 2.35 bits per heavy atom. The predicted molar refractivity (Wildman–Crippen MR) is 88.6 cm³/mol. The Hall–Kier alpha value is -2.97. The molecule has 0 bridgehead atoms. The first-order valence-electron chi connectivity index (χ1n) is 7.49. The van der Waals surface area contributed by atoms with E-state index in [4.69, 9.17) is 9.47 Å². The van der Waals surface area contributed by atoms with Crippen LogP contribution >= 0.6 is 0 Å². The molecule has 0 fully saturated rings. The lowest BCUT2D eigenvalue weighted by Gasteiger charge is -2.17. The van der Waals surface area contributed by atoms with Gasteiger partial charge in [-0.1, -0.05) is 0 Å². The first-order valence-corrected chi connectivity index (χ1v) is 7.49. The second-order valence-electron chi connectivity index (χ2n) is 5.40. The lowest BCUT2D eigenvalue weighted by atomic mass is 10.2. The van der Waals surface area contributed by atoms with E-state index in [1.54, 1.807) is 12.1 Å². The first kappa shape index (κ1) is 19.4. The maximum absolute atomic E-state index is 12.8. The largest absolute Gasteiger partial charge is 0.493 e. The van der Waals surface area contributed by atoms with Crippen molar-refractivity contribution >= 4 is 11.6 Å². The zero-order valence-corrected chi connectivity index (χ0v) is 14.3. The minimum absolute atomic E-state index is 0.347. The molecule has 1 atom stereocenters. The molecule has 1 aromatic heterocycles. The summed E-state index contributed by atoms with van der Waals surface area (Å²) in [5.74, 6) is 0.167. The summed E-state index contributed by atoms with van der Waals surface area (Å²) >= 11 is 0. The van der Waals surface area contributed by atoms with Crippen LogP contribution < -0.4 is 20.3 Å². The number of hydrogen-bond donors (Lipinski definition) is 1. The highest BCUT2D eigenvalue weighted by Crippen LogP contribution is 2.30. The normalized spacial score (nSPS) is 12.4. The van der Waals surface area contributed by atoms with Crippen molar-refractivity contribution in [3.8, 4) is 11.5 Å². The van der Waals surface area contributed by atoms with Crippen LogP contribution in [-0.2, 0) is 11.0 Å². The summed E-state index contributed by atoms with van der Waals surface area (Å²) in [6, 6.07) is 4.91. The van der Waals surface area contributed by atoms with Crippen LogP contribution in [-0.4, -0.2) is 24.7 Å². The van der Waals surface area contributed by atoms with E-state index in [0.29, 0.717) is 29.4 Å². The third-order valence-corrected chi connectivity index (χ3v) is 3.71. The van der Waals surface area contributed by atoms with E-state index in [1.165, 1.54) is 27.2 Å². The number of carbonyl (C=O) groups excluding carboxylic acids is 1. The Bertz CT molecular complexity index is 862. The van der Waals surface area contributed by atoms with Crippen LogP contribution in [0.2, 0.25) is 0 Å². The molecule has 1 aromatic carbocycles. The average Bonchev–Trinajstić information content (AvgIpc) is 2.60. The Kier molecular flexibility index (Phi) is 5.59. The highest BCUT2D eigenvalue weighted by molar-refractivity contribution is 5.93. The SMILES string of the molecule is COc1ccc(NC(=O)C(C)n2cc(C(F)(F)F)ccc2=O)cc1OC. The van der Waals surface area contributed by atoms with Gasteiger partial charge in [-0.25, -0.2) is 0 Å². The fraction of sp³-hybridized carbons (Fsp3) is 0.294. The first-order chi connectivity index (χ1) is 12.2. The molecule has 0 radical (unpaired) electrons. The molecule has 1 amide bonds. The molecule has 26 heavy (non-hydrogen) atoms. The molecule has 0 saturated carbocycles. The molecule has 0 spiro atoms. The van der Waals surface area contributed by atoms with Gasteiger partial charge in [-0.2, -0.15) is 13.2 Å².